The predicted molar refractivity (Wildman–Crippen MR) is 108 cm³/mol. The Hall–Kier alpha value is -2.15. The van der Waals surface area contributed by atoms with Crippen molar-refractivity contribution in [2.45, 2.75) is 46.2 Å². The highest BCUT2D eigenvalue weighted by molar-refractivity contribution is 5.60. The van der Waals surface area contributed by atoms with Gasteiger partial charge in [0.1, 0.15) is 25.1 Å². The fourth-order valence-electron chi connectivity index (χ4n) is 2.81. The van der Waals surface area contributed by atoms with Gasteiger partial charge in [0, 0.05) is 12.1 Å². The molecule has 2 aromatic rings. The first-order chi connectivity index (χ1) is 13.6. The average molecular weight is 389 g/mol. The van der Waals surface area contributed by atoms with Crippen LogP contribution in [0.15, 0.2) is 58.3 Å². The molecule has 0 saturated heterocycles. The van der Waals surface area contributed by atoms with Crippen molar-refractivity contribution >= 4 is 6.21 Å². The Morgan fingerprint density at radius 3 is 2.50 bits per heavy atom. The number of ether oxygens (including phenoxy) is 2. The number of oxime groups is 1. The van der Waals surface area contributed by atoms with E-state index in [1.54, 1.807) is 18.5 Å². The van der Waals surface area contributed by atoms with E-state index in [0.29, 0.717) is 19.1 Å². The van der Waals surface area contributed by atoms with E-state index in [1.165, 1.54) is 0 Å². The van der Waals surface area contributed by atoms with Gasteiger partial charge >= 0.3 is 0 Å². The quantitative estimate of drug-likeness (QED) is 0.413. The van der Waals surface area contributed by atoms with Crippen molar-refractivity contribution in [3.8, 4) is 0 Å². The minimum atomic E-state index is -0.752. The van der Waals surface area contributed by atoms with Crippen LogP contribution in [0.5, 0.6) is 0 Å². The molecule has 6 nitrogen and oxygen atoms in total. The van der Waals surface area contributed by atoms with Crippen LogP contribution < -0.4 is 0 Å². The van der Waals surface area contributed by atoms with Crippen LogP contribution in [0.4, 0.5) is 0 Å². The summed E-state index contributed by atoms with van der Waals surface area (Å²) in [4.78, 5) is 5.21. The number of nitrogens with zero attached hydrogens (tertiary/aromatic N) is 1. The molecule has 0 aliphatic carbocycles. The molecule has 0 aliphatic heterocycles. The molecular formula is C22H31NO5. The summed E-state index contributed by atoms with van der Waals surface area (Å²) < 4.78 is 16.6. The highest BCUT2D eigenvalue weighted by atomic mass is 16.6. The summed E-state index contributed by atoms with van der Waals surface area (Å²) in [5.74, 6) is 1.14. The molecule has 3 atom stereocenters. The number of hydrogen-bond donors (Lipinski definition) is 1. The lowest BCUT2D eigenvalue weighted by Gasteiger charge is -2.25. The average Bonchev–Trinajstić information content (AvgIpc) is 3.19. The molecular weight excluding hydrogens is 358 g/mol. The lowest BCUT2D eigenvalue weighted by Crippen LogP contribution is -2.28. The molecule has 1 aromatic carbocycles. The van der Waals surface area contributed by atoms with Crippen LogP contribution in [0, 0.1) is 11.8 Å². The molecule has 2 rings (SSSR count). The van der Waals surface area contributed by atoms with Gasteiger partial charge in [0.15, 0.2) is 0 Å². The van der Waals surface area contributed by atoms with E-state index < -0.39 is 6.10 Å². The lowest BCUT2D eigenvalue weighted by molar-refractivity contribution is -0.0268. The van der Waals surface area contributed by atoms with Crippen LogP contribution in [0.1, 0.15) is 32.1 Å². The van der Waals surface area contributed by atoms with Crippen LogP contribution in [-0.4, -0.2) is 36.7 Å². The number of furan rings is 1. The second-order valence-electron chi connectivity index (χ2n) is 7.16. The van der Waals surface area contributed by atoms with Gasteiger partial charge in [0.25, 0.3) is 0 Å². The van der Waals surface area contributed by atoms with E-state index in [1.807, 2.05) is 31.2 Å². The summed E-state index contributed by atoms with van der Waals surface area (Å²) in [5, 5.41) is 13.9. The normalized spacial score (nSPS) is 15.0. The topological polar surface area (TPSA) is 73.4 Å². The SMILES string of the molecule is CC(C)[C@@H](OCc1ccccc1)[C@H](C)/C=N/OC[C@@H](O)COCc1ccco1. The third-order valence-electron chi connectivity index (χ3n) is 4.23. The number of benzene rings is 1. The van der Waals surface area contributed by atoms with Crippen molar-refractivity contribution in [3.05, 3.63) is 60.1 Å². The van der Waals surface area contributed by atoms with Gasteiger partial charge in [-0.15, -0.1) is 0 Å². The fraction of sp³-hybridized carbons (Fsp3) is 0.500. The minimum absolute atomic E-state index is 0.0223. The molecule has 1 N–H and O–H groups in total. The monoisotopic (exact) mass is 389 g/mol. The molecule has 1 heterocycles. The molecule has 154 valence electrons. The maximum atomic E-state index is 9.87. The van der Waals surface area contributed by atoms with Crippen LogP contribution >= 0.6 is 0 Å². The van der Waals surface area contributed by atoms with Crippen molar-refractivity contribution in [3.63, 3.8) is 0 Å². The van der Waals surface area contributed by atoms with Crippen molar-refractivity contribution in [2.24, 2.45) is 17.0 Å². The zero-order chi connectivity index (χ0) is 20.2. The molecule has 1 aromatic heterocycles. The first-order valence-corrected chi connectivity index (χ1v) is 9.65. The standard InChI is InChI=1S/C22H31NO5/c1-17(2)22(27-13-19-8-5-4-6-9-19)18(3)12-23-28-15-20(24)14-25-16-21-10-7-11-26-21/h4-12,17-18,20,22,24H,13-16H2,1-3H3/b23-12+/t18-,20+,22-/m1/s1. The number of rotatable bonds is 13. The molecule has 0 unspecified atom stereocenters. The second-order valence-corrected chi connectivity index (χ2v) is 7.16. The van der Waals surface area contributed by atoms with E-state index in [4.69, 9.17) is 18.7 Å². The van der Waals surface area contributed by atoms with Gasteiger partial charge in [-0.1, -0.05) is 56.3 Å². The zero-order valence-corrected chi connectivity index (χ0v) is 16.9. The molecule has 28 heavy (non-hydrogen) atoms. The fourth-order valence-corrected chi connectivity index (χ4v) is 2.81. The van der Waals surface area contributed by atoms with E-state index in [9.17, 15) is 5.11 Å². The molecule has 0 aliphatic rings. The Morgan fingerprint density at radius 1 is 1.04 bits per heavy atom. The van der Waals surface area contributed by atoms with Gasteiger partial charge < -0.3 is 23.8 Å². The van der Waals surface area contributed by atoms with Gasteiger partial charge in [-0.3, -0.25) is 0 Å². The van der Waals surface area contributed by atoms with Crippen LogP contribution in [0.25, 0.3) is 0 Å². The number of aliphatic hydroxyl groups excluding tert-OH is 1. The highest BCUT2D eigenvalue weighted by Gasteiger charge is 2.20. The smallest absolute Gasteiger partial charge is 0.145 e. The van der Waals surface area contributed by atoms with E-state index in [0.717, 1.165) is 11.3 Å². The predicted octanol–water partition coefficient (Wildman–Crippen LogP) is 4.04. The maximum Gasteiger partial charge on any atom is 0.145 e. The third kappa shape index (κ3) is 8.25. The first kappa shape index (κ1) is 22.1. The van der Waals surface area contributed by atoms with Gasteiger partial charge in [-0.2, -0.15) is 0 Å². The number of aliphatic hydroxyl groups is 1. The molecule has 6 heteroatoms. The Bertz CT molecular complexity index is 657. The third-order valence-corrected chi connectivity index (χ3v) is 4.23. The van der Waals surface area contributed by atoms with Gasteiger partial charge in [0.05, 0.1) is 25.6 Å². The van der Waals surface area contributed by atoms with Crippen LogP contribution in [-0.2, 0) is 27.5 Å². The molecule has 0 amide bonds. The van der Waals surface area contributed by atoms with Gasteiger partial charge in [-0.25, -0.2) is 0 Å². The van der Waals surface area contributed by atoms with Crippen molar-refractivity contribution in [2.75, 3.05) is 13.2 Å². The first-order valence-electron chi connectivity index (χ1n) is 9.65. The van der Waals surface area contributed by atoms with E-state index in [2.05, 4.69) is 31.1 Å². The van der Waals surface area contributed by atoms with E-state index in [-0.39, 0.29) is 25.2 Å². The summed E-state index contributed by atoms with van der Waals surface area (Å²) in [6, 6.07) is 13.7. The molecule has 0 spiro atoms. The van der Waals surface area contributed by atoms with Crippen LogP contribution in [0.2, 0.25) is 0 Å². The second kappa shape index (κ2) is 12.3. The Morgan fingerprint density at radius 2 is 1.82 bits per heavy atom. The Labute approximate surface area is 167 Å². The van der Waals surface area contributed by atoms with Crippen LogP contribution in [0.3, 0.4) is 0 Å². The van der Waals surface area contributed by atoms with Gasteiger partial charge in [0.2, 0.25) is 0 Å². The molecule has 0 saturated carbocycles. The summed E-state index contributed by atoms with van der Waals surface area (Å²) in [7, 11) is 0. The van der Waals surface area contributed by atoms with Crippen molar-refractivity contribution in [1.29, 1.82) is 0 Å². The Balaban J connectivity index is 1.66. The lowest BCUT2D eigenvalue weighted by atomic mass is 9.95. The molecule has 0 bridgehead atoms. The van der Waals surface area contributed by atoms with E-state index >= 15 is 0 Å². The number of hydrogen-bond acceptors (Lipinski definition) is 6. The summed E-state index contributed by atoms with van der Waals surface area (Å²) in [6.45, 7) is 7.40. The summed E-state index contributed by atoms with van der Waals surface area (Å²) in [5.41, 5.74) is 1.14. The highest BCUT2D eigenvalue weighted by Crippen LogP contribution is 2.17. The summed E-state index contributed by atoms with van der Waals surface area (Å²) in [6.07, 6.45) is 2.58. The van der Waals surface area contributed by atoms with Crippen molar-refractivity contribution < 1.29 is 23.8 Å². The Kier molecular flexibility index (Phi) is 9.76. The zero-order valence-electron chi connectivity index (χ0n) is 16.9. The summed E-state index contributed by atoms with van der Waals surface area (Å²) >= 11 is 0. The molecule has 0 radical (unpaired) electrons. The van der Waals surface area contributed by atoms with Crippen molar-refractivity contribution in [1.82, 2.24) is 0 Å². The van der Waals surface area contributed by atoms with Gasteiger partial charge in [-0.05, 0) is 23.6 Å². The maximum absolute atomic E-state index is 9.87. The minimum Gasteiger partial charge on any atom is -0.467 e. The molecule has 0 fully saturated rings. The largest absolute Gasteiger partial charge is 0.467 e.